The van der Waals surface area contributed by atoms with E-state index in [2.05, 4.69) is 40.8 Å². The van der Waals surface area contributed by atoms with E-state index in [0.717, 1.165) is 49.6 Å². The van der Waals surface area contributed by atoms with E-state index in [1.165, 1.54) is 28.1 Å². The molecule has 2 aliphatic heterocycles. The smallest absolute Gasteiger partial charge is 0.224 e. The Labute approximate surface area is 177 Å². The van der Waals surface area contributed by atoms with Gasteiger partial charge in [0, 0.05) is 65.7 Å². The summed E-state index contributed by atoms with van der Waals surface area (Å²) in [6, 6.07) is 6.19. The van der Waals surface area contributed by atoms with Gasteiger partial charge in [0.25, 0.3) is 0 Å². The maximum absolute atomic E-state index is 13.2. The normalized spacial score (nSPS) is 20.7. The molecule has 0 spiro atoms. The third-order valence-corrected chi connectivity index (χ3v) is 7.15. The Morgan fingerprint density at radius 3 is 2.82 bits per heavy atom. The second kappa shape index (κ2) is 8.68. The van der Waals surface area contributed by atoms with E-state index in [-0.39, 0.29) is 6.04 Å². The zero-order valence-corrected chi connectivity index (χ0v) is 18.4. The monoisotopic (exact) mass is 419 g/mol. The highest BCUT2D eigenvalue weighted by Crippen LogP contribution is 2.38. The van der Waals surface area contributed by atoms with Crippen molar-refractivity contribution in [2.75, 3.05) is 37.7 Å². The average Bonchev–Trinajstić information content (AvgIpc) is 3.05. The lowest BCUT2D eigenvalue weighted by molar-refractivity contribution is -0.135. The molecule has 2 aliphatic rings. The maximum Gasteiger partial charge on any atom is 0.224 e. The molecule has 1 atom stereocenters. The van der Waals surface area contributed by atoms with Gasteiger partial charge in [-0.1, -0.05) is 25.4 Å². The summed E-state index contributed by atoms with van der Waals surface area (Å²) in [5.74, 6) is 3.20. The molecule has 0 bridgehead atoms. The summed E-state index contributed by atoms with van der Waals surface area (Å²) in [6.45, 7) is 8.39. The van der Waals surface area contributed by atoms with Gasteiger partial charge < -0.3 is 14.8 Å². The Balaban J connectivity index is 1.56. The summed E-state index contributed by atoms with van der Waals surface area (Å²) < 4.78 is 0. The number of fused-ring (bicyclic) bond motifs is 3. The molecular formula is C22H30ClN3OS. The van der Waals surface area contributed by atoms with Crippen molar-refractivity contribution in [1.29, 1.82) is 0 Å². The molecule has 1 N–H and O–H groups in total. The third kappa shape index (κ3) is 4.22. The number of hydrogen-bond donors (Lipinski definition) is 1. The van der Waals surface area contributed by atoms with Gasteiger partial charge >= 0.3 is 0 Å². The van der Waals surface area contributed by atoms with Crippen LogP contribution in [0.25, 0.3) is 10.9 Å². The predicted octanol–water partition coefficient (Wildman–Crippen LogP) is 4.73. The summed E-state index contributed by atoms with van der Waals surface area (Å²) >= 11 is 8.26. The molecule has 3 heterocycles. The van der Waals surface area contributed by atoms with Crippen LogP contribution in [0.2, 0.25) is 5.02 Å². The SMILES string of the molecule is CC(C)CC1c2[nH]c3ccc(Cl)cc3c2CCN1C(=O)CCN1CCSCC1. The lowest BCUT2D eigenvalue weighted by Gasteiger charge is -2.37. The van der Waals surface area contributed by atoms with Gasteiger partial charge in [-0.05, 0) is 42.5 Å². The molecule has 152 valence electrons. The molecule has 4 rings (SSSR count). The lowest BCUT2D eigenvalue weighted by atomic mass is 9.91. The standard InChI is InChI=1S/C22H30ClN3OS/c1-15(2)13-20-22-17(18-14-16(23)3-4-19(18)24-22)5-8-26(20)21(27)6-7-25-9-11-28-12-10-25/h3-4,14-15,20,24H,5-13H2,1-2H3. The van der Waals surface area contributed by atoms with Crippen LogP contribution in [-0.4, -0.2) is 58.4 Å². The fraction of sp³-hybridized carbons (Fsp3) is 0.591. The molecule has 1 saturated heterocycles. The van der Waals surface area contributed by atoms with Crippen LogP contribution in [-0.2, 0) is 11.2 Å². The Bertz CT molecular complexity index is 844. The summed E-state index contributed by atoms with van der Waals surface area (Å²) in [4.78, 5) is 21.4. The third-order valence-electron chi connectivity index (χ3n) is 5.97. The van der Waals surface area contributed by atoms with E-state index in [1.807, 2.05) is 17.8 Å². The molecule has 2 aromatic rings. The molecule has 1 fully saturated rings. The molecule has 28 heavy (non-hydrogen) atoms. The van der Waals surface area contributed by atoms with Crippen LogP contribution >= 0.6 is 23.4 Å². The summed E-state index contributed by atoms with van der Waals surface area (Å²) in [5, 5.41) is 1.99. The molecular weight excluding hydrogens is 390 g/mol. The number of carbonyl (C=O) groups is 1. The van der Waals surface area contributed by atoms with Gasteiger partial charge in [0.2, 0.25) is 5.91 Å². The quantitative estimate of drug-likeness (QED) is 0.761. The highest BCUT2D eigenvalue weighted by molar-refractivity contribution is 7.99. The van der Waals surface area contributed by atoms with E-state index in [9.17, 15) is 4.79 Å². The topological polar surface area (TPSA) is 39.3 Å². The first kappa shape index (κ1) is 20.1. The van der Waals surface area contributed by atoms with Gasteiger partial charge in [0.15, 0.2) is 0 Å². The Morgan fingerprint density at radius 1 is 1.29 bits per heavy atom. The van der Waals surface area contributed by atoms with Crippen molar-refractivity contribution in [2.45, 2.75) is 39.2 Å². The van der Waals surface area contributed by atoms with E-state index in [0.29, 0.717) is 18.2 Å². The highest BCUT2D eigenvalue weighted by Gasteiger charge is 2.33. The Morgan fingerprint density at radius 2 is 2.07 bits per heavy atom. The number of aromatic nitrogens is 1. The van der Waals surface area contributed by atoms with Gasteiger partial charge in [-0.2, -0.15) is 11.8 Å². The van der Waals surface area contributed by atoms with Crippen molar-refractivity contribution in [3.63, 3.8) is 0 Å². The number of nitrogens with one attached hydrogen (secondary N) is 1. The molecule has 4 nitrogen and oxygen atoms in total. The minimum Gasteiger partial charge on any atom is -0.356 e. The number of hydrogen-bond acceptors (Lipinski definition) is 3. The number of nitrogens with zero attached hydrogens (tertiary/aromatic N) is 2. The first-order valence-electron chi connectivity index (χ1n) is 10.4. The van der Waals surface area contributed by atoms with E-state index in [1.54, 1.807) is 0 Å². The molecule has 0 saturated carbocycles. The molecule has 1 unspecified atom stereocenters. The first-order valence-corrected chi connectivity index (χ1v) is 12.0. The minimum atomic E-state index is 0.138. The molecule has 0 radical (unpaired) electrons. The van der Waals surface area contributed by atoms with Gasteiger partial charge in [0.1, 0.15) is 0 Å². The predicted molar refractivity (Wildman–Crippen MR) is 119 cm³/mol. The number of rotatable bonds is 5. The van der Waals surface area contributed by atoms with Gasteiger partial charge in [-0.3, -0.25) is 4.79 Å². The summed E-state index contributed by atoms with van der Waals surface area (Å²) in [5.41, 5.74) is 3.70. The van der Waals surface area contributed by atoms with Crippen LogP contribution < -0.4 is 0 Å². The molecule has 1 aromatic carbocycles. The van der Waals surface area contributed by atoms with Crippen LogP contribution in [0.3, 0.4) is 0 Å². The highest BCUT2D eigenvalue weighted by atomic mass is 35.5. The number of thioether (sulfide) groups is 1. The van der Waals surface area contributed by atoms with Crippen LogP contribution in [0.4, 0.5) is 0 Å². The largest absolute Gasteiger partial charge is 0.356 e. The average molecular weight is 420 g/mol. The van der Waals surface area contributed by atoms with Crippen molar-refractivity contribution in [3.8, 4) is 0 Å². The van der Waals surface area contributed by atoms with Crippen molar-refractivity contribution in [3.05, 3.63) is 34.5 Å². The second-order valence-corrected chi connectivity index (χ2v) is 10.1. The van der Waals surface area contributed by atoms with E-state index >= 15 is 0 Å². The summed E-state index contributed by atoms with van der Waals surface area (Å²) in [7, 11) is 0. The summed E-state index contributed by atoms with van der Waals surface area (Å²) in [6.07, 6.45) is 2.51. The minimum absolute atomic E-state index is 0.138. The van der Waals surface area contributed by atoms with Crippen molar-refractivity contribution in [1.82, 2.24) is 14.8 Å². The Hall–Kier alpha value is -1.17. The fourth-order valence-corrected chi connectivity index (χ4v) is 5.70. The van der Waals surface area contributed by atoms with E-state index in [4.69, 9.17) is 11.6 Å². The molecule has 1 amide bonds. The lowest BCUT2D eigenvalue weighted by Crippen LogP contribution is -2.42. The Kier molecular flexibility index (Phi) is 6.24. The van der Waals surface area contributed by atoms with Crippen LogP contribution in [0.1, 0.15) is 44.0 Å². The number of halogens is 1. The maximum atomic E-state index is 13.2. The molecule has 6 heteroatoms. The van der Waals surface area contributed by atoms with Crippen molar-refractivity contribution in [2.24, 2.45) is 5.92 Å². The van der Waals surface area contributed by atoms with Crippen LogP contribution in [0, 0.1) is 5.92 Å². The van der Waals surface area contributed by atoms with Crippen molar-refractivity contribution < 1.29 is 4.79 Å². The second-order valence-electron chi connectivity index (χ2n) is 8.39. The fourth-order valence-electron chi connectivity index (χ4n) is 4.55. The van der Waals surface area contributed by atoms with Crippen LogP contribution in [0.15, 0.2) is 18.2 Å². The molecule has 1 aromatic heterocycles. The van der Waals surface area contributed by atoms with Crippen molar-refractivity contribution >= 4 is 40.2 Å². The van der Waals surface area contributed by atoms with Gasteiger partial charge in [0.05, 0.1) is 6.04 Å². The molecule has 0 aliphatic carbocycles. The van der Waals surface area contributed by atoms with E-state index < -0.39 is 0 Å². The first-order chi connectivity index (χ1) is 13.5. The number of carbonyl (C=O) groups excluding carboxylic acids is 1. The number of aromatic amines is 1. The zero-order valence-electron chi connectivity index (χ0n) is 16.8. The number of benzene rings is 1. The number of amides is 1. The van der Waals surface area contributed by atoms with Gasteiger partial charge in [-0.25, -0.2) is 0 Å². The van der Waals surface area contributed by atoms with Gasteiger partial charge in [-0.15, -0.1) is 0 Å². The van der Waals surface area contributed by atoms with Crippen LogP contribution in [0.5, 0.6) is 0 Å². The number of H-pyrrole nitrogens is 1. The zero-order chi connectivity index (χ0) is 19.7.